The molecule has 0 bridgehead atoms. The van der Waals surface area contributed by atoms with Gasteiger partial charge in [0.15, 0.2) is 5.78 Å². The van der Waals surface area contributed by atoms with Crippen LogP contribution in [0.1, 0.15) is 48.0 Å². The molecule has 2 aromatic rings. The number of methoxy groups -OCH3 is 1. The average Bonchev–Trinajstić information content (AvgIpc) is 3.45. The quantitative estimate of drug-likeness (QED) is 0.422. The Bertz CT molecular complexity index is 1050. The van der Waals surface area contributed by atoms with Crippen molar-refractivity contribution < 1.29 is 23.9 Å². The molecule has 4 atom stereocenters. The van der Waals surface area contributed by atoms with Crippen molar-refractivity contribution in [3.8, 4) is 0 Å². The molecule has 0 aliphatic carbocycles. The number of Topliss-reactive ketones (excluding diaryl/α,β-unsaturated/α-hetero) is 1. The van der Waals surface area contributed by atoms with Crippen LogP contribution in [0.15, 0.2) is 41.8 Å². The van der Waals surface area contributed by atoms with Crippen molar-refractivity contribution in [2.24, 2.45) is 11.8 Å². The number of imide groups is 1. The van der Waals surface area contributed by atoms with E-state index in [1.54, 1.807) is 24.3 Å². The maximum atomic E-state index is 13.7. The number of carbonyl (C=O) groups excluding carboxylic acids is 4. The van der Waals surface area contributed by atoms with Gasteiger partial charge in [-0.1, -0.05) is 31.5 Å². The summed E-state index contributed by atoms with van der Waals surface area (Å²) in [5, 5.41) is 5.24. The summed E-state index contributed by atoms with van der Waals surface area (Å²) in [6, 6.07) is 9.77. The maximum absolute atomic E-state index is 13.7. The van der Waals surface area contributed by atoms with Crippen LogP contribution in [0.5, 0.6) is 0 Å². The van der Waals surface area contributed by atoms with Crippen LogP contribution in [0.4, 0.5) is 5.69 Å². The predicted octanol–water partition coefficient (Wildman–Crippen LogP) is 3.11. The van der Waals surface area contributed by atoms with E-state index in [0.29, 0.717) is 24.1 Å². The van der Waals surface area contributed by atoms with Crippen LogP contribution in [0.3, 0.4) is 0 Å². The molecular formula is C23H24N2O5S. The summed E-state index contributed by atoms with van der Waals surface area (Å²) in [6.07, 6.45) is 0.993. The molecule has 2 fully saturated rings. The standard InChI is InChI=1S/C23H24N2O5S/c1-4-10-23(22(29)30-3)18-17(19(24-23)16-9-6-11-31-16)20(27)25(21(18)28)15-8-5-7-14(12-15)13(2)26/h5-9,11-12,17-19,24H,4,10H2,1-3H3/t17-,18+,19-,23+/m1/s1. The summed E-state index contributed by atoms with van der Waals surface area (Å²) in [4.78, 5) is 54.2. The highest BCUT2D eigenvalue weighted by Gasteiger charge is 2.68. The largest absolute Gasteiger partial charge is 0.468 e. The van der Waals surface area contributed by atoms with Gasteiger partial charge in [0.1, 0.15) is 5.54 Å². The third-order valence-electron chi connectivity index (χ3n) is 6.21. The molecule has 1 N–H and O–H groups in total. The van der Waals surface area contributed by atoms with E-state index in [0.717, 1.165) is 9.78 Å². The number of thiophene rings is 1. The first-order chi connectivity index (χ1) is 14.9. The molecule has 3 heterocycles. The zero-order chi connectivity index (χ0) is 22.3. The maximum Gasteiger partial charge on any atom is 0.326 e. The molecule has 0 spiro atoms. The van der Waals surface area contributed by atoms with E-state index in [2.05, 4.69) is 5.32 Å². The van der Waals surface area contributed by atoms with Gasteiger partial charge in [0, 0.05) is 10.4 Å². The van der Waals surface area contributed by atoms with Crippen molar-refractivity contribution >= 4 is 40.6 Å². The van der Waals surface area contributed by atoms with Gasteiger partial charge in [0.25, 0.3) is 0 Å². The molecule has 2 saturated heterocycles. The lowest BCUT2D eigenvalue weighted by Crippen LogP contribution is -2.56. The van der Waals surface area contributed by atoms with E-state index >= 15 is 0 Å². The smallest absolute Gasteiger partial charge is 0.326 e. The minimum Gasteiger partial charge on any atom is -0.468 e. The Labute approximate surface area is 184 Å². The van der Waals surface area contributed by atoms with Crippen molar-refractivity contribution in [2.75, 3.05) is 12.0 Å². The second kappa shape index (κ2) is 8.01. The van der Waals surface area contributed by atoms with Gasteiger partial charge in [0.05, 0.1) is 30.7 Å². The minimum absolute atomic E-state index is 0.158. The van der Waals surface area contributed by atoms with Crippen LogP contribution in [-0.2, 0) is 19.1 Å². The summed E-state index contributed by atoms with van der Waals surface area (Å²) < 4.78 is 5.11. The number of ketones is 1. The van der Waals surface area contributed by atoms with Gasteiger partial charge in [-0.2, -0.15) is 0 Å². The van der Waals surface area contributed by atoms with Gasteiger partial charge >= 0.3 is 5.97 Å². The Morgan fingerprint density at radius 3 is 2.58 bits per heavy atom. The van der Waals surface area contributed by atoms with Gasteiger partial charge in [-0.3, -0.25) is 24.5 Å². The highest BCUT2D eigenvalue weighted by Crippen LogP contribution is 2.52. The molecule has 0 saturated carbocycles. The third kappa shape index (κ3) is 3.21. The number of esters is 1. The topological polar surface area (TPSA) is 92.8 Å². The van der Waals surface area contributed by atoms with Gasteiger partial charge in [-0.25, -0.2) is 4.90 Å². The van der Waals surface area contributed by atoms with Crippen LogP contribution < -0.4 is 10.2 Å². The first-order valence-corrected chi connectivity index (χ1v) is 11.1. The molecule has 2 aliphatic rings. The SMILES string of the molecule is CCC[C@]1(C(=O)OC)N[C@H](c2cccs2)[C@@H]2C(=O)N(c3cccc(C(C)=O)c3)C(=O)[C@H]21. The van der Waals surface area contributed by atoms with Crippen LogP contribution in [0, 0.1) is 11.8 Å². The number of hydrogen-bond acceptors (Lipinski definition) is 7. The molecule has 2 amide bonds. The number of hydrogen-bond donors (Lipinski definition) is 1. The Morgan fingerprint density at radius 2 is 1.97 bits per heavy atom. The van der Waals surface area contributed by atoms with Crippen molar-refractivity contribution in [1.29, 1.82) is 0 Å². The number of carbonyl (C=O) groups is 4. The van der Waals surface area contributed by atoms with E-state index in [1.807, 2.05) is 24.4 Å². The van der Waals surface area contributed by atoms with Crippen molar-refractivity contribution in [3.05, 3.63) is 52.2 Å². The van der Waals surface area contributed by atoms with Crippen LogP contribution >= 0.6 is 11.3 Å². The summed E-state index contributed by atoms with van der Waals surface area (Å²) in [7, 11) is 1.30. The van der Waals surface area contributed by atoms with E-state index in [9.17, 15) is 19.2 Å². The first kappa shape index (κ1) is 21.4. The molecule has 162 valence electrons. The molecule has 1 aromatic carbocycles. The first-order valence-electron chi connectivity index (χ1n) is 10.2. The molecule has 2 aliphatic heterocycles. The van der Waals surface area contributed by atoms with E-state index in [-0.39, 0.29) is 11.7 Å². The average molecular weight is 441 g/mol. The Kier molecular flexibility index (Phi) is 5.53. The fourth-order valence-electron chi connectivity index (χ4n) is 4.93. The van der Waals surface area contributed by atoms with Gasteiger partial charge in [-0.05, 0) is 36.9 Å². The van der Waals surface area contributed by atoms with E-state index in [4.69, 9.17) is 4.74 Å². The number of anilines is 1. The Balaban J connectivity index is 1.85. The molecule has 1 aromatic heterocycles. The van der Waals surface area contributed by atoms with Gasteiger partial charge in [0.2, 0.25) is 11.8 Å². The molecule has 31 heavy (non-hydrogen) atoms. The highest BCUT2D eigenvalue weighted by molar-refractivity contribution is 7.10. The molecule has 0 radical (unpaired) electrons. The number of rotatable bonds is 6. The molecule has 8 heteroatoms. The fraction of sp³-hybridized carbons (Fsp3) is 0.391. The lowest BCUT2D eigenvalue weighted by Gasteiger charge is -2.32. The zero-order valence-electron chi connectivity index (χ0n) is 17.6. The van der Waals surface area contributed by atoms with Crippen LogP contribution in [0.2, 0.25) is 0 Å². The second-order valence-corrected chi connectivity index (χ2v) is 8.95. The molecule has 0 unspecified atom stereocenters. The number of benzene rings is 1. The number of nitrogens with zero attached hydrogens (tertiary/aromatic N) is 1. The summed E-state index contributed by atoms with van der Waals surface area (Å²) in [5.74, 6) is -3.14. The highest BCUT2D eigenvalue weighted by atomic mass is 32.1. The molecular weight excluding hydrogens is 416 g/mol. The minimum atomic E-state index is -1.29. The van der Waals surface area contributed by atoms with Crippen LogP contribution in [-0.4, -0.2) is 36.2 Å². The second-order valence-electron chi connectivity index (χ2n) is 7.97. The molecule has 7 nitrogen and oxygen atoms in total. The number of amides is 2. The predicted molar refractivity (Wildman–Crippen MR) is 116 cm³/mol. The normalized spacial score (nSPS) is 27.5. The van der Waals surface area contributed by atoms with Crippen molar-refractivity contribution in [2.45, 2.75) is 38.3 Å². The number of fused-ring (bicyclic) bond motifs is 1. The summed E-state index contributed by atoms with van der Waals surface area (Å²) in [6.45, 7) is 3.36. The zero-order valence-corrected chi connectivity index (χ0v) is 18.4. The Hall–Kier alpha value is -2.84. The van der Waals surface area contributed by atoms with Crippen molar-refractivity contribution in [1.82, 2.24) is 5.32 Å². The monoisotopic (exact) mass is 440 g/mol. The van der Waals surface area contributed by atoms with Crippen LogP contribution in [0.25, 0.3) is 0 Å². The third-order valence-corrected chi connectivity index (χ3v) is 7.16. The number of ether oxygens (including phenoxy) is 1. The van der Waals surface area contributed by atoms with E-state index < -0.39 is 35.3 Å². The number of nitrogens with one attached hydrogen (secondary N) is 1. The lowest BCUT2D eigenvalue weighted by atomic mass is 9.77. The lowest BCUT2D eigenvalue weighted by molar-refractivity contribution is -0.152. The van der Waals surface area contributed by atoms with E-state index in [1.165, 1.54) is 25.4 Å². The summed E-state index contributed by atoms with van der Waals surface area (Å²) >= 11 is 1.47. The Morgan fingerprint density at radius 1 is 1.19 bits per heavy atom. The van der Waals surface area contributed by atoms with Crippen molar-refractivity contribution in [3.63, 3.8) is 0 Å². The molecule has 4 rings (SSSR count). The fourth-order valence-corrected chi connectivity index (χ4v) is 5.75. The van der Waals surface area contributed by atoms with Gasteiger partial charge < -0.3 is 4.74 Å². The van der Waals surface area contributed by atoms with Gasteiger partial charge in [-0.15, -0.1) is 11.3 Å². The summed E-state index contributed by atoms with van der Waals surface area (Å²) in [5.41, 5.74) is -0.532.